The van der Waals surface area contributed by atoms with Gasteiger partial charge in [0.05, 0.1) is 0 Å². The first-order chi connectivity index (χ1) is 13.5. The van der Waals surface area contributed by atoms with Crippen molar-refractivity contribution in [3.05, 3.63) is 79.3 Å². The molecule has 2 aromatic heterocycles. The van der Waals surface area contributed by atoms with Crippen molar-refractivity contribution < 1.29 is 24.2 Å². The van der Waals surface area contributed by atoms with Gasteiger partial charge in [0.1, 0.15) is 10.6 Å². The maximum absolute atomic E-state index is 12.9. The van der Waals surface area contributed by atoms with Crippen LogP contribution in [0, 0.1) is 0 Å². The first-order valence-corrected chi connectivity index (χ1v) is 10.3. The van der Waals surface area contributed by atoms with Crippen LogP contribution in [0.2, 0.25) is 0 Å². The summed E-state index contributed by atoms with van der Waals surface area (Å²) in [6, 6.07) is 13.2. The highest BCUT2D eigenvalue weighted by atomic mass is 32.5. The molecule has 0 fully saturated rings. The Morgan fingerprint density at radius 3 is 2.24 bits per heavy atom. The molecule has 150 valence electrons. The summed E-state index contributed by atoms with van der Waals surface area (Å²) < 4.78 is 69.9. The van der Waals surface area contributed by atoms with Gasteiger partial charge in [0.15, 0.2) is 0 Å². The zero-order valence-corrected chi connectivity index (χ0v) is 15.4. The van der Waals surface area contributed by atoms with Crippen molar-refractivity contribution >= 4 is 21.0 Å². The summed E-state index contributed by atoms with van der Waals surface area (Å²) in [6.07, 6.45) is 4.85. The zero-order chi connectivity index (χ0) is 20.8. The Morgan fingerprint density at radius 2 is 1.52 bits per heavy atom. The van der Waals surface area contributed by atoms with Crippen molar-refractivity contribution in [3.8, 4) is 22.8 Å². The summed E-state index contributed by atoms with van der Waals surface area (Å²) >= 11 is 0. The molecule has 0 atom stereocenters. The van der Waals surface area contributed by atoms with Crippen molar-refractivity contribution in [3.63, 3.8) is 0 Å². The molecular weight excluding hydrogens is 411 g/mol. The molecule has 3 nitrogen and oxygen atoms in total. The maximum Gasteiger partial charge on any atom is 0.310 e. The molecular formula is C20H13F5N2OS. The van der Waals surface area contributed by atoms with Crippen LogP contribution in [-0.2, 0) is 0 Å². The maximum atomic E-state index is 12.9. The van der Waals surface area contributed by atoms with Crippen molar-refractivity contribution in [2.75, 3.05) is 0 Å². The molecule has 0 bridgehead atoms. The number of rotatable bonds is 4. The van der Waals surface area contributed by atoms with E-state index in [4.69, 9.17) is 4.74 Å². The van der Waals surface area contributed by atoms with E-state index >= 15 is 0 Å². The van der Waals surface area contributed by atoms with Gasteiger partial charge in [-0.25, -0.2) is 4.98 Å². The molecule has 0 N–H and O–H groups in total. The summed E-state index contributed by atoms with van der Waals surface area (Å²) in [5, 5.41) is 1.88. The van der Waals surface area contributed by atoms with Gasteiger partial charge >= 0.3 is 10.2 Å². The SMILES string of the molecule is FS(F)(F)(F)(F)c1ccc(Oc2ncccc2-c2ccc3cnccc3c2)cc1. The highest BCUT2D eigenvalue weighted by Gasteiger charge is 2.65. The molecule has 4 rings (SSSR count). The van der Waals surface area contributed by atoms with Crippen LogP contribution < -0.4 is 4.74 Å². The molecule has 2 aromatic carbocycles. The Hall–Kier alpha value is -3.20. The lowest BCUT2D eigenvalue weighted by Crippen LogP contribution is -2.05. The average molecular weight is 424 g/mol. The Labute approximate surface area is 162 Å². The largest absolute Gasteiger partial charge is 0.438 e. The van der Waals surface area contributed by atoms with Crippen molar-refractivity contribution in [2.45, 2.75) is 4.90 Å². The number of aromatic nitrogens is 2. The third-order valence-electron chi connectivity index (χ3n) is 4.21. The minimum Gasteiger partial charge on any atom is -0.438 e. The third-order valence-corrected chi connectivity index (χ3v) is 5.37. The average Bonchev–Trinajstić information content (AvgIpc) is 2.67. The summed E-state index contributed by atoms with van der Waals surface area (Å²) in [5.41, 5.74) is 1.37. The topological polar surface area (TPSA) is 35.0 Å². The zero-order valence-electron chi connectivity index (χ0n) is 14.6. The number of hydrogen-bond acceptors (Lipinski definition) is 3. The second kappa shape index (κ2) is 5.90. The number of halogens is 5. The molecule has 0 saturated carbocycles. The fraction of sp³-hybridized carbons (Fsp3) is 0. The second-order valence-electron chi connectivity index (χ2n) is 6.34. The molecule has 0 aliphatic heterocycles. The fourth-order valence-electron chi connectivity index (χ4n) is 2.82. The molecule has 0 radical (unpaired) electrons. The number of hydrogen-bond donors (Lipinski definition) is 0. The van der Waals surface area contributed by atoms with E-state index in [1.165, 1.54) is 6.20 Å². The van der Waals surface area contributed by atoms with E-state index in [1.54, 1.807) is 24.5 Å². The van der Waals surface area contributed by atoms with E-state index in [-0.39, 0.29) is 11.6 Å². The van der Waals surface area contributed by atoms with E-state index in [2.05, 4.69) is 9.97 Å². The monoisotopic (exact) mass is 424 g/mol. The van der Waals surface area contributed by atoms with Crippen molar-refractivity contribution in [1.82, 2.24) is 9.97 Å². The molecule has 29 heavy (non-hydrogen) atoms. The smallest absolute Gasteiger partial charge is 0.310 e. The van der Waals surface area contributed by atoms with Crippen LogP contribution in [0.5, 0.6) is 11.6 Å². The van der Waals surface area contributed by atoms with E-state index in [1.807, 2.05) is 24.3 Å². The predicted molar refractivity (Wildman–Crippen MR) is 103 cm³/mol. The number of fused-ring (bicyclic) bond motifs is 1. The number of ether oxygens (including phenoxy) is 1. The normalized spacial score (nSPS) is 14.2. The van der Waals surface area contributed by atoms with Crippen LogP contribution in [0.3, 0.4) is 0 Å². The number of benzene rings is 2. The molecule has 0 spiro atoms. The first kappa shape index (κ1) is 19.1. The number of nitrogens with zero attached hydrogens (tertiary/aromatic N) is 2. The Kier molecular flexibility index (Phi) is 3.89. The molecule has 0 amide bonds. The summed E-state index contributed by atoms with van der Waals surface area (Å²) in [4.78, 5) is 6.22. The van der Waals surface area contributed by atoms with E-state index in [9.17, 15) is 19.4 Å². The summed E-state index contributed by atoms with van der Waals surface area (Å²) in [7, 11) is -9.72. The van der Waals surface area contributed by atoms with Crippen LogP contribution in [0.25, 0.3) is 21.9 Å². The summed E-state index contributed by atoms with van der Waals surface area (Å²) in [5.74, 6) is 0.0986. The van der Waals surface area contributed by atoms with Crippen LogP contribution in [0.1, 0.15) is 0 Å². The van der Waals surface area contributed by atoms with Gasteiger partial charge < -0.3 is 4.74 Å². The van der Waals surface area contributed by atoms with E-state index in [0.29, 0.717) is 17.7 Å². The highest BCUT2D eigenvalue weighted by Crippen LogP contribution is 3.02. The van der Waals surface area contributed by atoms with Crippen LogP contribution in [0.4, 0.5) is 19.4 Å². The second-order valence-corrected chi connectivity index (χ2v) is 8.75. The van der Waals surface area contributed by atoms with Crippen molar-refractivity contribution in [2.24, 2.45) is 0 Å². The van der Waals surface area contributed by atoms with Gasteiger partial charge in [-0.2, -0.15) is 0 Å². The molecule has 4 aromatic rings. The number of pyridine rings is 2. The molecule has 0 unspecified atom stereocenters. The predicted octanol–water partition coefficient (Wildman–Crippen LogP) is 7.75. The van der Waals surface area contributed by atoms with Gasteiger partial charge in [-0.3, -0.25) is 4.98 Å². The molecule has 0 aliphatic carbocycles. The highest BCUT2D eigenvalue weighted by molar-refractivity contribution is 8.45. The van der Waals surface area contributed by atoms with Crippen LogP contribution in [0.15, 0.2) is 84.1 Å². The Balaban J connectivity index is 1.69. The van der Waals surface area contributed by atoms with Gasteiger partial charge in [0.25, 0.3) is 0 Å². The quantitative estimate of drug-likeness (QED) is 0.314. The molecule has 0 saturated heterocycles. The molecule has 0 aliphatic rings. The lowest BCUT2D eigenvalue weighted by Gasteiger charge is -2.40. The minimum atomic E-state index is -9.72. The first-order valence-electron chi connectivity index (χ1n) is 8.31. The van der Waals surface area contributed by atoms with Gasteiger partial charge in [0.2, 0.25) is 5.88 Å². The van der Waals surface area contributed by atoms with Crippen molar-refractivity contribution in [1.29, 1.82) is 0 Å². The Bertz CT molecular complexity index is 1210. The van der Waals surface area contributed by atoms with Gasteiger partial charge in [-0.1, -0.05) is 31.6 Å². The lowest BCUT2D eigenvalue weighted by atomic mass is 10.0. The molecule has 2 heterocycles. The molecule has 9 heteroatoms. The van der Waals surface area contributed by atoms with Crippen LogP contribution >= 0.6 is 10.2 Å². The van der Waals surface area contributed by atoms with E-state index < -0.39 is 15.1 Å². The fourth-order valence-corrected chi connectivity index (χ4v) is 3.47. The Morgan fingerprint density at radius 1 is 0.759 bits per heavy atom. The third kappa shape index (κ3) is 4.14. The van der Waals surface area contributed by atoms with E-state index in [0.717, 1.165) is 28.5 Å². The van der Waals surface area contributed by atoms with Gasteiger partial charge in [-0.15, -0.1) is 0 Å². The standard InChI is InChI=1S/C20H13F5N2OS/c21-29(22,23,24,25)18-7-5-17(6-8-18)28-20-19(2-1-10-27-20)15-3-4-16-13-26-11-9-14(16)12-15/h1-13H. The van der Waals surface area contributed by atoms with Gasteiger partial charge in [0, 0.05) is 29.5 Å². The summed E-state index contributed by atoms with van der Waals surface area (Å²) in [6.45, 7) is 0. The minimum absolute atomic E-state index is 0.0412. The van der Waals surface area contributed by atoms with Crippen LogP contribution in [-0.4, -0.2) is 9.97 Å². The van der Waals surface area contributed by atoms with Gasteiger partial charge in [-0.05, 0) is 59.5 Å². The lowest BCUT2D eigenvalue weighted by molar-refractivity contribution is 0.363.